The van der Waals surface area contributed by atoms with Gasteiger partial charge in [-0.15, -0.1) is 0 Å². The van der Waals surface area contributed by atoms with Crippen LogP contribution in [0.2, 0.25) is 0 Å². The predicted molar refractivity (Wildman–Crippen MR) is 57.3 cm³/mol. The summed E-state index contributed by atoms with van der Waals surface area (Å²) in [6.07, 6.45) is 2.41. The van der Waals surface area contributed by atoms with Crippen LogP contribution in [0.5, 0.6) is 0 Å². The predicted octanol–water partition coefficient (Wildman–Crippen LogP) is 2.83. The molecule has 0 unspecified atom stereocenters. The summed E-state index contributed by atoms with van der Waals surface area (Å²) in [6.45, 7) is 6.55. The molecule has 1 aromatic carbocycles. The molecular weight excluding hydrogens is 188 g/mol. The maximum Gasteiger partial charge on any atom is 0.258 e. The van der Waals surface area contributed by atoms with E-state index in [1.165, 1.54) is 5.56 Å². The Hall–Kier alpha value is -1.64. The minimum atomic E-state index is 0.166. The van der Waals surface area contributed by atoms with E-state index in [1.54, 1.807) is 0 Å². The van der Waals surface area contributed by atoms with Crippen molar-refractivity contribution in [2.24, 2.45) is 0 Å². The molecule has 3 heteroatoms. The Morgan fingerprint density at radius 1 is 1.13 bits per heavy atom. The summed E-state index contributed by atoms with van der Waals surface area (Å²) < 4.78 is 4.93. The average Bonchev–Trinajstić information content (AvgIpc) is 2.69. The van der Waals surface area contributed by atoms with Crippen LogP contribution in [-0.2, 0) is 5.41 Å². The Labute approximate surface area is 89.1 Å². The van der Waals surface area contributed by atoms with Gasteiger partial charge in [-0.3, -0.25) is 0 Å². The molecule has 15 heavy (non-hydrogen) atoms. The van der Waals surface area contributed by atoms with Crippen LogP contribution in [0.15, 0.2) is 28.8 Å². The zero-order valence-electron chi connectivity index (χ0n) is 9.11. The van der Waals surface area contributed by atoms with Crippen molar-refractivity contribution in [1.29, 1.82) is 0 Å². The van der Waals surface area contributed by atoms with Gasteiger partial charge >= 0.3 is 0 Å². The lowest BCUT2D eigenvalue weighted by atomic mass is 9.87. The second-order valence-electron chi connectivity index (χ2n) is 4.53. The van der Waals surface area contributed by atoms with Crippen molar-refractivity contribution in [2.45, 2.75) is 26.2 Å². The highest BCUT2D eigenvalue weighted by Gasteiger charge is 2.13. The first-order chi connectivity index (χ1) is 7.07. The number of hydrogen-bond donors (Lipinski definition) is 0. The van der Waals surface area contributed by atoms with E-state index in [2.05, 4.69) is 49.4 Å². The molecule has 1 heterocycles. The number of benzene rings is 1. The van der Waals surface area contributed by atoms with Crippen LogP contribution in [0, 0.1) is 6.33 Å². The fraction of sp³-hybridized carbons (Fsp3) is 0.333. The normalized spacial score (nSPS) is 11.7. The van der Waals surface area contributed by atoms with Crippen molar-refractivity contribution in [3.8, 4) is 11.5 Å². The van der Waals surface area contributed by atoms with Gasteiger partial charge in [0.25, 0.3) is 5.89 Å². The van der Waals surface area contributed by atoms with Gasteiger partial charge in [-0.05, 0) is 23.1 Å². The molecule has 3 nitrogen and oxygen atoms in total. The molecule has 2 rings (SSSR count). The molecule has 0 aliphatic carbocycles. The second-order valence-corrected chi connectivity index (χ2v) is 4.53. The zero-order chi connectivity index (χ0) is 10.9. The third-order valence-corrected chi connectivity index (χ3v) is 2.32. The minimum Gasteiger partial charge on any atom is -0.333 e. The van der Waals surface area contributed by atoms with Crippen LogP contribution in [0.4, 0.5) is 0 Å². The van der Waals surface area contributed by atoms with Crippen molar-refractivity contribution < 1.29 is 4.52 Å². The first-order valence-electron chi connectivity index (χ1n) is 4.88. The van der Waals surface area contributed by atoms with Gasteiger partial charge in [0.15, 0.2) is 0 Å². The van der Waals surface area contributed by atoms with Crippen molar-refractivity contribution in [2.75, 3.05) is 0 Å². The molecule has 1 radical (unpaired) electrons. The van der Waals surface area contributed by atoms with E-state index in [0.29, 0.717) is 5.89 Å². The van der Waals surface area contributed by atoms with Crippen LogP contribution < -0.4 is 0 Å². The molecule has 77 valence electrons. The van der Waals surface area contributed by atoms with Gasteiger partial charge < -0.3 is 4.52 Å². The van der Waals surface area contributed by atoms with Gasteiger partial charge in [-0.25, -0.2) is 0 Å². The molecule has 1 aromatic heterocycles. The van der Waals surface area contributed by atoms with E-state index in [9.17, 15) is 0 Å². The molecule has 0 atom stereocenters. The standard InChI is InChI=1S/C12H13N2O/c1-12(2,3)10-6-4-9(5-7-10)11-13-8-14-15-11/h4-7H,1-3H3. The Bertz CT molecular complexity index is 424. The van der Waals surface area contributed by atoms with Crippen molar-refractivity contribution in [1.82, 2.24) is 10.1 Å². The number of rotatable bonds is 1. The topological polar surface area (TPSA) is 38.9 Å². The summed E-state index contributed by atoms with van der Waals surface area (Å²) in [5.41, 5.74) is 2.38. The molecule has 0 aliphatic heterocycles. The molecule has 0 spiro atoms. The van der Waals surface area contributed by atoms with Crippen LogP contribution in [0.3, 0.4) is 0 Å². The quantitative estimate of drug-likeness (QED) is 0.712. The molecule has 2 aromatic rings. The number of nitrogens with zero attached hydrogens (tertiary/aromatic N) is 2. The summed E-state index contributed by atoms with van der Waals surface area (Å²) in [4.78, 5) is 3.88. The molecule has 0 aliphatic rings. The van der Waals surface area contributed by atoms with Crippen molar-refractivity contribution in [3.05, 3.63) is 36.2 Å². The fourth-order valence-electron chi connectivity index (χ4n) is 1.38. The highest BCUT2D eigenvalue weighted by molar-refractivity contribution is 5.53. The summed E-state index contributed by atoms with van der Waals surface area (Å²) in [5, 5.41) is 3.46. The van der Waals surface area contributed by atoms with Crippen LogP contribution in [-0.4, -0.2) is 10.1 Å². The van der Waals surface area contributed by atoms with E-state index in [1.807, 2.05) is 12.1 Å². The molecular formula is C12H13N2O. The van der Waals surface area contributed by atoms with Crippen LogP contribution in [0.25, 0.3) is 11.5 Å². The van der Waals surface area contributed by atoms with E-state index in [-0.39, 0.29) is 5.41 Å². The van der Waals surface area contributed by atoms with E-state index in [0.717, 1.165) is 5.56 Å². The number of aromatic nitrogens is 2. The average molecular weight is 201 g/mol. The lowest BCUT2D eigenvalue weighted by Gasteiger charge is -2.18. The Morgan fingerprint density at radius 3 is 2.27 bits per heavy atom. The molecule has 0 saturated heterocycles. The molecule has 0 saturated carbocycles. The monoisotopic (exact) mass is 201 g/mol. The lowest BCUT2D eigenvalue weighted by Crippen LogP contribution is -2.10. The Kier molecular flexibility index (Phi) is 2.31. The lowest BCUT2D eigenvalue weighted by molar-refractivity contribution is 0.429. The van der Waals surface area contributed by atoms with Gasteiger partial charge in [0.05, 0.1) is 0 Å². The van der Waals surface area contributed by atoms with Gasteiger partial charge in [0.1, 0.15) is 0 Å². The fourth-order valence-corrected chi connectivity index (χ4v) is 1.38. The van der Waals surface area contributed by atoms with E-state index < -0.39 is 0 Å². The van der Waals surface area contributed by atoms with Gasteiger partial charge in [0.2, 0.25) is 6.33 Å². The summed E-state index contributed by atoms with van der Waals surface area (Å²) in [7, 11) is 0. The molecule has 0 fully saturated rings. The Balaban J connectivity index is 2.33. The highest BCUT2D eigenvalue weighted by Crippen LogP contribution is 2.24. The van der Waals surface area contributed by atoms with Crippen molar-refractivity contribution in [3.63, 3.8) is 0 Å². The third-order valence-electron chi connectivity index (χ3n) is 2.32. The maximum atomic E-state index is 4.93. The highest BCUT2D eigenvalue weighted by atomic mass is 16.5. The Morgan fingerprint density at radius 2 is 1.80 bits per heavy atom. The second kappa shape index (κ2) is 3.50. The first-order valence-corrected chi connectivity index (χ1v) is 4.88. The van der Waals surface area contributed by atoms with Crippen molar-refractivity contribution >= 4 is 0 Å². The van der Waals surface area contributed by atoms with Crippen LogP contribution in [0.1, 0.15) is 26.3 Å². The zero-order valence-corrected chi connectivity index (χ0v) is 9.11. The van der Waals surface area contributed by atoms with E-state index >= 15 is 0 Å². The van der Waals surface area contributed by atoms with Crippen LogP contribution >= 0.6 is 0 Å². The summed E-state index contributed by atoms with van der Waals surface area (Å²) >= 11 is 0. The third kappa shape index (κ3) is 2.06. The summed E-state index contributed by atoms with van der Waals surface area (Å²) in [6, 6.07) is 8.14. The number of hydrogen-bond acceptors (Lipinski definition) is 3. The maximum absolute atomic E-state index is 4.93. The molecule has 0 amide bonds. The largest absolute Gasteiger partial charge is 0.333 e. The van der Waals surface area contributed by atoms with Gasteiger partial charge in [-0.1, -0.05) is 38.1 Å². The SMILES string of the molecule is CC(C)(C)c1ccc(-c2n[c]no2)cc1. The van der Waals surface area contributed by atoms with Gasteiger partial charge in [-0.2, -0.15) is 4.98 Å². The smallest absolute Gasteiger partial charge is 0.258 e. The molecule has 0 bridgehead atoms. The summed E-state index contributed by atoms with van der Waals surface area (Å²) in [5.74, 6) is 0.510. The molecule has 0 N–H and O–H groups in total. The van der Waals surface area contributed by atoms with Gasteiger partial charge in [0, 0.05) is 5.56 Å². The van der Waals surface area contributed by atoms with E-state index in [4.69, 9.17) is 4.52 Å². The minimum absolute atomic E-state index is 0.166. The first kappa shape index (κ1) is 9.90.